The van der Waals surface area contributed by atoms with Gasteiger partial charge in [0.25, 0.3) is 5.91 Å². The standard InChI is InChI=1S/C21H18N4O2/c1-2-27-20-10-6-5-9-18(20)25-21(26)19-13-16(11-12-23-19)24-17-8-4-3-7-15(17)14-22/h3-13H,2H2,1H3,(H,23,24)(H,25,26). The summed E-state index contributed by atoms with van der Waals surface area (Å²) in [6, 6.07) is 19.9. The minimum atomic E-state index is -0.348. The van der Waals surface area contributed by atoms with E-state index in [2.05, 4.69) is 21.7 Å². The number of amides is 1. The molecule has 6 heteroatoms. The second kappa shape index (κ2) is 8.50. The van der Waals surface area contributed by atoms with Crippen LogP contribution >= 0.6 is 0 Å². The third kappa shape index (κ3) is 4.41. The van der Waals surface area contributed by atoms with Crippen molar-refractivity contribution in [2.75, 3.05) is 17.2 Å². The number of para-hydroxylation sites is 3. The van der Waals surface area contributed by atoms with Gasteiger partial charge in [-0.25, -0.2) is 0 Å². The summed E-state index contributed by atoms with van der Waals surface area (Å²) in [4.78, 5) is 16.7. The van der Waals surface area contributed by atoms with Gasteiger partial charge in [0.15, 0.2) is 0 Å². The van der Waals surface area contributed by atoms with Gasteiger partial charge in [0.1, 0.15) is 17.5 Å². The highest BCUT2D eigenvalue weighted by Gasteiger charge is 2.12. The molecule has 2 N–H and O–H groups in total. The number of nitriles is 1. The molecule has 0 saturated heterocycles. The molecule has 0 fully saturated rings. The Bertz CT molecular complexity index is 995. The topological polar surface area (TPSA) is 87.0 Å². The fourth-order valence-electron chi connectivity index (χ4n) is 2.52. The Morgan fingerprint density at radius 3 is 2.63 bits per heavy atom. The molecule has 0 aliphatic carbocycles. The van der Waals surface area contributed by atoms with Crippen molar-refractivity contribution in [1.82, 2.24) is 4.98 Å². The Balaban J connectivity index is 1.79. The van der Waals surface area contributed by atoms with Crippen molar-refractivity contribution in [3.63, 3.8) is 0 Å². The molecular formula is C21H18N4O2. The van der Waals surface area contributed by atoms with Crippen LogP contribution in [0.5, 0.6) is 5.75 Å². The minimum absolute atomic E-state index is 0.251. The number of carbonyl (C=O) groups excluding carboxylic acids is 1. The summed E-state index contributed by atoms with van der Waals surface area (Å²) >= 11 is 0. The van der Waals surface area contributed by atoms with Gasteiger partial charge in [-0.05, 0) is 43.3 Å². The highest BCUT2D eigenvalue weighted by atomic mass is 16.5. The largest absolute Gasteiger partial charge is 0.492 e. The van der Waals surface area contributed by atoms with Crippen LogP contribution in [0.25, 0.3) is 0 Å². The van der Waals surface area contributed by atoms with Crippen LogP contribution in [0.2, 0.25) is 0 Å². The molecule has 0 unspecified atom stereocenters. The van der Waals surface area contributed by atoms with Gasteiger partial charge in [0.05, 0.1) is 23.5 Å². The first kappa shape index (κ1) is 18.0. The first-order valence-corrected chi connectivity index (χ1v) is 8.46. The van der Waals surface area contributed by atoms with E-state index in [1.807, 2.05) is 25.1 Å². The van der Waals surface area contributed by atoms with Crippen molar-refractivity contribution in [2.24, 2.45) is 0 Å². The second-order valence-corrected chi connectivity index (χ2v) is 5.60. The van der Waals surface area contributed by atoms with Crippen molar-refractivity contribution >= 4 is 23.0 Å². The molecular weight excluding hydrogens is 340 g/mol. The van der Waals surface area contributed by atoms with E-state index in [-0.39, 0.29) is 11.6 Å². The number of hydrogen-bond acceptors (Lipinski definition) is 5. The number of benzene rings is 2. The molecule has 1 heterocycles. The zero-order valence-corrected chi connectivity index (χ0v) is 14.8. The van der Waals surface area contributed by atoms with Gasteiger partial charge in [-0.3, -0.25) is 9.78 Å². The number of pyridine rings is 1. The first-order chi connectivity index (χ1) is 13.2. The van der Waals surface area contributed by atoms with Gasteiger partial charge < -0.3 is 15.4 Å². The van der Waals surface area contributed by atoms with Crippen LogP contribution in [-0.2, 0) is 0 Å². The van der Waals surface area contributed by atoms with Gasteiger partial charge in [0, 0.05) is 11.9 Å². The number of ether oxygens (including phenoxy) is 1. The van der Waals surface area contributed by atoms with Crippen LogP contribution in [0.15, 0.2) is 66.9 Å². The quantitative estimate of drug-likeness (QED) is 0.684. The highest BCUT2D eigenvalue weighted by Crippen LogP contribution is 2.25. The average Bonchev–Trinajstić information content (AvgIpc) is 2.70. The maximum atomic E-state index is 12.6. The van der Waals surface area contributed by atoms with Gasteiger partial charge in [0.2, 0.25) is 0 Å². The Morgan fingerprint density at radius 1 is 1.11 bits per heavy atom. The number of aromatic nitrogens is 1. The van der Waals surface area contributed by atoms with E-state index in [1.54, 1.807) is 48.7 Å². The molecule has 134 valence electrons. The minimum Gasteiger partial charge on any atom is -0.492 e. The van der Waals surface area contributed by atoms with Gasteiger partial charge >= 0.3 is 0 Å². The fourth-order valence-corrected chi connectivity index (χ4v) is 2.52. The number of hydrogen-bond donors (Lipinski definition) is 2. The molecule has 0 spiro atoms. The smallest absolute Gasteiger partial charge is 0.274 e. The van der Waals surface area contributed by atoms with Gasteiger partial charge in [-0.15, -0.1) is 0 Å². The number of nitrogens with zero attached hydrogens (tertiary/aromatic N) is 2. The van der Waals surface area contributed by atoms with Crippen LogP contribution in [-0.4, -0.2) is 17.5 Å². The zero-order chi connectivity index (χ0) is 19.1. The lowest BCUT2D eigenvalue weighted by atomic mass is 10.2. The molecule has 6 nitrogen and oxygen atoms in total. The van der Waals surface area contributed by atoms with E-state index >= 15 is 0 Å². The summed E-state index contributed by atoms with van der Waals surface area (Å²) in [5, 5.41) is 15.2. The number of anilines is 3. The number of carbonyl (C=O) groups is 1. The molecule has 0 bridgehead atoms. The fraction of sp³-hybridized carbons (Fsp3) is 0.0952. The molecule has 3 rings (SSSR count). The molecule has 0 aliphatic rings. The van der Waals surface area contributed by atoms with E-state index in [4.69, 9.17) is 4.74 Å². The maximum Gasteiger partial charge on any atom is 0.274 e. The third-order valence-corrected chi connectivity index (χ3v) is 3.75. The molecule has 1 amide bonds. The lowest BCUT2D eigenvalue weighted by Crippen LogP contribution is -2.14. The van der Waals surface area contributed by atoms with Crippen molar-refractivity contribution in [2.45, 2.75) is 6.92 Å². The second-order valence-electron chi connectivity index (χ2n) is 5.60. The molecule has 0 atom stereocenters. The molecule has 0 radical (unpaired) electrons. The summed E-state index contributed by atoms with van der Waals surface area (Å²) in [6.45, 7) is 2.39. The normalized spacial score (nSPS) is 9.93. The highest BCUT2D eigenvalue weighted by molar-refractivity contribution is 6.04. The lowest BCUT2D eigenvalue weighted by molar-refractivity contribution is 0.102. The third-order valence-electron chi connectivity index (χ3n) is 3.75. The molecule has 2 aromatic carbocycles. The van der Waals surface area contributed by atoms with Crippen LogP contribution in [0.3, 0.4) is 0 Å². The summed E-state index contributed by atoms with van der Waals surface area (Å²) in [5.74, 6) is 0.255. The van der Waals surface area contributed by atoms with E-state index in [0.29, 0.717) is 35.0 Å². The molecule has 3 aromatic rings. The SMILES string of the molecule is CCOc1ccccc1NC(=O)c1cc(Nc2ccccc2C#N)ccn1. The Morgan fingerprint density at radius 2 is 1.85 bits per heavy atom. The number of rotatable bonds is 6. The Labute approximate surface area is 157 Å². The molecule has 0 aliphatic heterocycles. The van der Waals surface area contributed by atoms with Crippen molar-refractivity contribution in [3.8, 4) is 11.8 Å². The van der Waals surface area contributed by atoms with Crippen molar-refractivity contribution in [1.29, 1.82) is 5.26 Å². The average molecular weight is 358 g/mol. The molecule has 27 heavy (non-hydrogen) atoms. The zero-order valence-electron chi connectivity index (χ0n) is 14.8. The summed E-state index contributed by atoms with van der Waals surface area (Å²) in [5.41, 5.74) is 2.68. The first-order valence-electron chi connectivity index (χ1n) is 8.46. The lowest BCUT2D eigenvalue weighted by Gasteiger charge is -2.12. The van der Waals surface area contributed by atoms with E-state index in [0.717, 1.165) is 0 Å². The van der Waals surface area contributed by atoms with Crippen molar-refractivity contribution < 1.29 is 9.53 Å². The van der Waals surface area contributed by atoms with Crippen LogP contribution < -0.4 is 15.4 Å². The van der Waals surface area contributed by atoms with E-state index in [9.17, 15) is 10.1 Å². The predicted molar refractivity (Wildman–Crippen MR) is 104 cm³/mol. The monoisotopic (exact) mass is 358 g/mol. The predicted octanol–water partition coefficient (Wildman–Crippen LogP) is 4.35. The van der Waals surface area contributed by atoms with Crippen LogP contribution in [0, 0.1) is 11.3 Å². The summed E-state index contributed by atoms with van der Waals surface area (Å²) in [6.07, 6.45) is 1.54. The summed E-state index contributed by atoms with van der Waals surface area (Å²) in [7, 11) is 0. The van der Waals surface area contributed by atoms with Gasteiger partial charge in [-0.1, -0.05) is 24.3 Å². The molecule has 1 aromatic heterocycles. The van der Waals surface area contributed by atoms with Gasteiger partial charge in [-0.2, -0.15) is 5.26 Å². The molecule has 0 saturated carbocycles. The summed E-state index contributed by atoms with van der Waals surface area (Å²) < 4.78 is 5.52. The van der Waals surface area contributed by atoms with Crippen LogP contribution in [0.4, 0.5) is 17.1 Å². The Hall–Kier alpha value is -3.85. The maximum absolute atomic E-state index is 12.6. The Kier molecular flexibility index (Phi) is 5.65. The number of nitrogens with one attached hydrogen (secondary N) is 2. The van der Waals surface area contributed by atoms with Crippen molar-refractivity contribution in [3.05, 3.63) is 78.1 Å². The van der Waals surface area contributed by atoms with E-state index < -0.39 is 0 Å². The van der Waals surface area contributed by atoms with Crippen LogP contribution in [0.1, 0.15) is 23.0 Å². The van der Waals surface area contributed by atoms with E-state index in [1.165, 1.54) is 0 Å².